The summed E-state index contributed by atoms with van der Waals surface area (Å²) in [4.78, 5) is 33.2. The predicted molar refractivity (Wildman–Crippen MR) is 68.7 cm³/mol. The van der Waals surface area contributed by atoms with Crippen LogP contribution in [0.1, 0.15) is 23.2 Å². The summed E-state index contributed by atoms with van der Waals surface area (Å²) in [6.45, 7) is 0. The monoisotopic (exact) mass is 299 g/mol. The molecule has 0 bridgehead atoms. The van der Waals surface area contributed by atoms with E-state index in [9.17, 15) is 18.8 Å². The molecule has 0 aliphatic rings. The van der Waals surface area contributed by atoms with E-state index < -0.39 is 36.1 Å². The number of carboxylic acids is 2. The Kier molecular flexibility index (Phi) is 5.65. The molecule has 0 fully saturated rings. The first-order valence-electron chi connectivity index (χ1n) is 5.94. The molecule has 1 rings (SSSR count). The highest BCUT2D eigenvalue weighted by molar-refractivity contribution is 5.97. The van der Waals surface area contributed by atoms with Gasteiger partial charge in [0.2, 0.25) is 0 Å². The van der Waals surface area contributed by atoms with Crippen molar-refractivity contribution < 1.29 is 33.7 Å². The summed E-state index contributed by atoms with van der Waals surface area (Å²) < 4.78 is 18.5. The lowest BCUT2D eigenvalue weighted by Gasteiger charge is -2.14. The van der Waals surface area contributed by atoms with E-state index in [0.29, 0.717) is 0 Å². The number of amides is 1. The van der Waals surface area contributed by atoms with Crippen molar-refractivity contribution in [1.29, 1.82) is 0 Å². The number of halogens is 1. The molecule has 3 N–H and O–H groups in total. The van der Waals surface area contributed by atoms with Gasteiger partial charge in [0.1, 0.15) is 17.6 Å². The molecule has 114 valence electrons. The van der Waals surface area contributed by atoms with Crippen molar-refractivity contribution in [3.05, 3.63) is 29.6 Å². The van der Waals surface area contributed by atoms with Crippen molar-refractivity contribution in [2.45, 2.75) is 18.9 Å². The zero-order chi connectivity index (χ0) is 16.0. The summed E-state index contributed by atoms with van der Waals surface area (Å²) >= 11 is 0. The average Bonchev–Trinajstić information content (AvgIpc) is 2.42. The molecule has 0 aromatic heterocycles. The fraction of sp³-hybridized carbons (Fsp3) is 0.308. The highest BCUT2D eigenvalue weighted by Crippen LogP contribution is 2.16. The number of nitrogens with one attached hydrogen (secondary N) is 1. The first-order valence-corrected chi connectivity index (χ1v) is 5.94. The van der Waals surface area contributed by atoms with Gasteiger partial charge in [-0.05, 0) is 18.6 Å². The zero-order valence-corrected chi connectivity index (χ0v) is 11.1. The van der Waals surface area contributed by atoms with Crippen LogP contribution in [0.3, 0.4) is 0 Å². The molecule has 0 aliphatic carbocycles. The number of aliphatic carboxylic acids is 2. The van der Waals surface area contributed by atoms with Crippen LogP contribution >= 0.6 is 0 Å². The third-order valence-corrected chi connectivity index (χ3v) is 2.67. The maximum atomic E-state index is 13.7. The number of carbonyl (C=O) groups excluding carboxylic acids is 1. The molecular weight excluding hydrogens is 285 g/mol. The number of carbonyl (C=O) groups is 3. The van der Waals surface area contributed by atoms with Gasteiger partial charge in [-0.3, -0.25) is 9.59 Å². The SMILES string of the molecule is COc1ccc(C(=O)N[C@@H](CCC(=O)O)C(=O)O)c(F)c1. The van der Waals surface area contributed by atoms with Crippen LogP contribution in [0.4, 0.5) is 4.39 Å². The van der Waals surface area contributed by atoms with E-state index >= 15 is 0 Å². The fourth-order valence-electron chi connectivity index (χ4n) is 1.57. The second kappa shape index (κ2) is 7.22. The minimum atomic E-state index is -1.41. The number of hydrogen-bond donors (Lipinski definition) is 3. The van der Waals surface area contributed by atoms with E-state index in [4.69, 9.17) is 14.9 Å². The van der Waals surface area contributed by atoms with Crippen LogP contribution in [0.15, 0.2) is 18.2 Å². The maximum absolute atomic E-state index is 13.7. The number of ether oxygens (including phenoxy) is 1. The molecular formula is C13H14FNO6. The second-order valence-electron chi connectivity index (χ2n) is 4.14. The Morgan fingerprint density at radius 3 is 2.48 bits per heavy atom. The summed E-state index contributed by atoms with van der Waals surface area (Å²) in [6.07, 6.45) is -0.726. The van der Waals surface area contributed by atoms with Crippen molar-refractivity contribution in [1.82, 2.24) is 5.32 Å². The third kappa shape index (κ3) is 4.75. The topological polar surface area (TPSA) is 113 Å². The largest absolute Gasteiger partial charge is 0.497 e. The van der Waals surface area contributed by atoms with Gasteiger partial charge in [-0.25, -0.2) is 9.18 Å². The highest BCUT2D eigenvalue weighted by Gasteiger charge is 2.23. The maximum Gasteiger partial charge on any atom is 0.326 e. The van der Waals surface area contributed by atoms with Gasteiger partial charge in [0, 0.05) is 12.5 Å². The van der Waals surface area contributed by atoms with Gasteiger partial charge in [0.25, 0.3) is 5.91 Å². The molecule has 1 aromatic rings. The molecule has 1 atom stereocenters. The normalized spacial score (nSPS) is 11.5. The van der Waals surface area contributed by atoms with Gasteiger partial charge >= 0.3 is 11.9 Å². The van der Waals surface area contributed by atoms with E-state index in [1.165, 1.54) is 13.2 Å². The molecule has 0 radical (unpaired) electrons. The van der Waals surface area contributed by atoms with Crippen LogP contribution in [0.5, 0.6) is 5.75 Å². The van der Waals surface area contributed by atoms with Crippen molar-refractivity contribution in [3.8, 4) is 5.75 Å². The first-order chi connectivity index (χ1) is 9.85. The standard InChI is InChI=1S/C13H14FNO6/c1-21-7-2-3-8(9(14)6-7)12(18)15-10(13(19)20)4-5-11(16)17/h2-3,6,10H,4-5H2,1H3,(H,15,18)(H,16,17)(H,19,20)/t10-/m0/s1. The van der Waals surface area contributed by atoms with Crippen LogP contribution in [0, 0.1) is 5.82 Å². The summed E-state index contributed by atoms with van der Waals surface area (Å²) in [6, 6.07) is 2.09. The zero-order valence-electron chi connectivity index (χ0n) is 11.1. The number of carboxylic acid groups (broad SMARTS) is 2. The fourth-order valence-corrected chi connectivity index (χ4v) is 1.57. The molecule has 0 aliphatic heterocycles. The van der Waals surface area contributed by atoms with Gasteiger partial charge in [0.05, 0.1) is 12.7 Å². The predicted octanol–water partition coefficient (Wildman–Crippen LogP) is 0.882. The lowest BCUT2D eigenvalue weighted by atomic mass is 10.1. The lowest BCUT2D eigenvalue weighted by molar-refractivity contribution is -0.140. The Hall–Kier alpha value is -2.64. The Balaban J connectivity index is 2.82. The van der Waals surface area contributed by atoms with Crippen molar-refractivity contribution >= 4 is 17.8 Å². The van der Waals surface area contributed by atoms with E-state index in [0.717, 1.165) is 12.1 Å². The van der Waals surface area contributed by atoms with E-state index in [-0.39, 0.29) is 17.7 Å². The van der Waals surface area contributed by atoms with Gasteiger partial charge in [-0.15, -0.1) is 0 Å². The summed E-state index contributed by atoms with van der Waals surface area (Å²) in [7, 11) is 1.33. The minimum Gasteiger partial charge on any atom is -0.497 e. The summed E-state index contributed by atoms with van der Waals surface area (Å²) in [5.74, 6) is -4.17. The van der Waals surface area contributed by atoms with E-state index in [2.05, 4.69) is 5.32 Å². The Morgan fingerprint density at radius 2 is 2.00 bits per heavy atom. The lowest BCUT2D eigenvalue weighted by Crippen LogP contribution is -2.41. The first kappa shape index (κ1) is 16.4. The molecule has 0 spiro atoms. The van der Waals surface area contributed by atoms with Crippen molar-refractivity contribution in [2.75, 3.05) is 7.11 Å². The molecule has 0 unspecified atom stereocenters. The Bertz CT molecular complexity index is 560. The van der Waals surface area contributed by atoms with Crippen molar-refractivity contribution in [2.24, 2.45) is 0 Å². The van der Waals surface area contributed by atoms with Gasteiger partial charge in [-0.1, -0.05) is 0 Å². The van der Waals surface area contributed by atoms with Crippen molar-refractivity contribution in [3.63, 3.8) is 0 Å². The average molecular weight is 299 g/mol. The molecule has 0 saturated heterocycles. The molecule has 0 saturated carbocycles. The number of methoxy groups -OCH3 is 1. The smallest absolute Gasteiger partial charge is 0.326 e. The van der Waals surface area contributed by atoms with Gasteiger partial charge < -0.3 is 20.3 Å². The quantitative estimate of drug-likeness (QED) is 0.689. The van der Waals surface area contributed by atoms with Crippen LogP contribution in [-0.4, -0.2) is 41.2 Å². The third-order valence-electron chi connectivity index (χ3n) is 2.67. The number of rotatable bonds is 7. The van der Waals surface area contributed by atoms with E-state index in [1.807, 2.05) is 0 Å². The van der Waals surface area contributed by atoms with Gasteiger partial charge in [0.15, 0.2) is 0 Å². The van der Waals surface area contributed by atoms with Crippen LogP contribution in [0.25, 0.3) is 0 Å². The summed E-state index contributed by atoms with van der Waals surface area (Å²) in [5.41, 5.74) is -0.350. The molecule has 1 aromatic carbocycles. The number of hydrogen-bond acceptors (Lipinski definition) is 4. The second-order valence-corrected chi connectivity index (χ2v) is 4.14. The molecule has 7 nitrogen and oxygen atoms in total. The molecule has 0 heterocycles. The number of benzene rings is 1. The molecule has 8 heteroatoms. The van der Waals surface area contributed by atoms with E-state index in [1.54, 1.807) is 0 Å². The molecule has 21 heavy (non-hydrogen) atoms. The minimum absolute atomic E-state index is 0.213. The highest BCUT2D eigenvalue weighted by atomic mass is 19.1. The van der Waals surface area contributed by atoms with Crippen LogP contribution < -0.4 is 10.1 Å². The van der Waals surface area contributed by atoms with Crippen LogP contribution in [-0.2, 0) is 9.59 Å². The summed E-state index contributed by atoms with van der Waals surface area (Å²) in [5, 5.41) is 19.5. The molecule has 1 amide bonds. The van der Waals surface area contributed by atoms with Gasteiger partial charge in [-0.2, -0.15) is 0 Å². The van der Waals surface area contributed by atoms with Crippen LogP contribution in [0.2, 0.25) is 0 Å². The Labute approximate surface area is 119 Å². The Morgan fingerprint density at radius 1 is 1.33 bits per heavy atom.